The Morgan fingerprint density at radius 3 is 2.74 bits per heavy atom. The third kappa shape index (κ3) is 4.59. The molecule has 0 saturated carbocycles. The Morgan fingerprint density at radius 2 is 2.16 bits per heavy atom. The highest BCUT2D eigenvalue weighted by Gasteiger charge is 2.17. The van der Waals surface area contributed by atoms with E-state index < -0.39 is 12.5 Å². The zero-order valence-electron chi connectivity index (χ0n) is 10.5. The van der Waals surface area contributed by atoms with Gasteiger partial charge < -0.3 is 10.1 Å². The molecule has 1 aromatic rings. The van der Waals surface area contributed by atoms with Gasteiger partial charge in [0.05, 0.1) is 5.56 Å². The fraction of sp³-hybridized carbons (Fsp3) is 0.357. The maximum atomic E-state index is 12.2. The van der Waals surface area contributed by atoms with Crippen molar-refractivity contribution in [1.29, 1.82) is 0 Å². The molecule has 3 nitrogen and oxygen atoms in total. The van der Waals surface area contributed by atoms with Crippen molar-refractivity contribution in [2.45, 2.75) is 32.4 Å². The average molecular weight is 267 g/mol. The van der Waals surface area contributed by atoms with Crippen molar-refractivity contribution in [3.05, 3.63) is 29.8 Å². The first-order valence-corrected chi connectivity index (χ1v) is 5.86. The number of para-hydroxylation sites is 1. The molecule has 19 heavy (non-hydrogen) atoms. The van der Waals surface area contributed by atoms with Crippen LogP contribution in [0.5, 0.6) is 5.75 Å². The quantitative estimate of drug-likeness (QED) is 0.805. The van der Waals surface area contributed by atoms with E-state index in [4.69, 9.17) is 6.42 Å². The SMILES string of the molecule is C#CCC(CC)NC(=O)c1ccccc1OC(F)F. The highest BCUT2D eigenvalue weighted by atomic mass is 19.3. The number of hydrogen-bond donors (Lipinski definition) is 1. The van der Waals surface area contributed by atoms with Crippen LogP contribution < -0.4 is 10.1 Å². The second kappa shape index (κ2) is 7.37. The lowest BCUT2D eigenvalue weighted by Gasteiger charge is -2.16. The van der Waals surface area contributed by atoms with Crippen molar-refractivity contribution in [3.63, 3.8) is 0 Å². The molecule has 1 amide bonds. The smallest absolute Gasteiger partial charge is 0.387 e. The van der Waals surface area contributed by atoms with E-state index in [1.165, 1.54) is 18.2 Å². The first-order chi connectivity index (χ1) is 9.08. The van der Waals surface area contributed by atoms with E-state index in [2.05, 4.69) is 16.0 Å². The number of carbonyl (C=O) groups excluding carboxylic acids is 1. The Bertz CT molecular complexity index is 469. The summed E-state index contributed by atoms with van der Waals surface area (Å²) in [7, 11) is 0. The van der Waals surface area contributed by atoms with Crippen LogP contribution in [0.1, 0.15) is 30.1 Å². The van der Waals surface area contributed by atoms with E-state index >= 15 is 0 Å². The Labute approximate surface area is 111 Å². The molecule has 0 spiro atoms. The second-order valence-corrected chi connectivity index (χ2v) is 3.86. The van der Waals surface area contributed by atoms with Crippen molar-refractivity contribution in [2.24, 2.45) is 0 Å². The van der Waals surface area contributed by atoms with E-state index in [1.807, 2.05) is 6.92 Å². The molecule has 0 aromatic heterocycles. The number of hydrogen-bond acceptors (Lipinski definition) is 2. The van der Waals surface area contributed by atoms with Gasteiger partial charge in [-0.2, -0.15) is 8.78 Å². The molecule has 1 rings (SSSR count). The van der Waals surface area contributed by atoms with Crippen molar-refractivity contribution in [1.82, 2.24) is 5.32 Å². The molecule has 0 aliphatic carbocycles. The van der Waals surface area contributed by atoms with E-state index in [0.717, 1.165) is 0 Å². The van der Waals surface area contributed by atoms with E-state index in [9.17, 15) is 13.6 Å². The van der Waals surface area contributed by atoms with Crippen molar-refractivity contribution >= 4 is 5.91 Å². The summed E-state index contributed by atoms with van der Waals surface area (Å²) in [4.78, 5) is 12.0. The average Bonchev–Trinajstić information content (AvgIpc) is 2.38. The molecule has 0 saturated heterocycles. The summed E-state index contributed by atoms with van der Waals surface area (Å²) in [6, 6.07) is 5.67. The summed E-state index contributed by atoms with van der Waals surface area (Å²) in [5, 5.41) is 2.69. The molecule has 0 bridgehead atoms. The predicted octanol–water partition coefficient (Wildman–Crippen LogP) is 2.82. The zero-order chi connectivity index (χ0) is 14.3. The molecule has 1 N–H and O–H groups in total. The van der Waals surface area contributed by atoms with Crippen LogP contribution in [-0.4, -0.2) is 18.6 Å². The lowest BCUT2D eigenvalue weighted by atomic mass is 10.1. The Hall–Kier alpha value is -2.09. The summed E-state index contributed by atoms with van der Waals surface area (Å²) in [5.41, 5.74) is 0.0678. The number of terminal acetylenes is 1. The highest BCUT2D eigenvalue weighted by Crippen LogP contribution is 2.20. The second-order valence-electron chi connectivity index (χ2n) is 3.86. The van der Waals surface area contributed by atoms with Gasteiger partial charge in [0.2, 0.25) is 0 Å². The number of alkyl halides is 2. The third-order valence-electron chi connectivity index (χ3n) is 2.54. The Morgan fingerprint density at radius 1 is 1.47 bits per heavy atom. The van der Waals surface area contributed by atoms with Crippen LogP contribution in [0.25, 0.3) is 0 Å². The Balaban J connectivity index is 2.84. The minimum atomic E-state index is -2.97. The van der Waals surface area contributed by atoms with Gasteiger partial charge >= 0.3 is 6.61 Å². The summed E-state index contributed by atoms with van der Waals surface area (Å²) in [6.45, 7) is -1.09. The zero-order valence-corrected chi connectivity index (χ0v) is 10.5. The lowest BCUT2D eigenvalue weighted by Crippen LogP contribution is -2.34. The molecule has 0 aliphatic rings. The van der Waals surface area contributed by atoms with E-state index in [-0.39, 0.29) is 17.4 Å². The van der Waals surface area contributed by atoms with Gasteiger partial charge in [0.25, 0.3) is 5.91 Å². The fourth-order valence-electron chi connectivity index (χ4n) is 1.56. The van der Waals surface area contributed by atoms with Gasteiger partial charge in [0.15, 0.2) is 0 Å². The number of rotatable bonds is 6. The van der Waals surface area contributed by atoms with Gasteiger partial charge in [-0.1, -0.05) is 19.1 Å². The first-order valence-electron chi connectivity index (χ1n) is 5.86. The molecule has 0 aliphatic heterocycles. The first kappa shape index (κ1) is 15.0. The van der Waals surface area contributed by atoms with Crippen molar-refractivity contribution < 1.29 is 18.3 Å². The van der Waals surface area contributed by atoms with Crippen LogP contribution in [0.15, 0.2) is 24.3 Å². The summed E-state index contributed by atoms with van der Waals surface area (Å²) in [5.74, 6) is 1.84. The maximum absolute atomic E-state index is 12.2. The molecule has 0 heterocycles. The number of amides is 1. The molecule has 0 radical (unpaired) electrons. The van der Waals surface area contributed by atoms with Crippen molar-refractivity contribution in [3.8, 4) is 18.1 Å². The van der Waals surface area contributed by atoms with Crippen LogP contribution >= 0.6 is 0 Å². The van der Waals surface area contributed by atoms with Gasteiger partial charge in [-0.3, -0.25) is 4.79 Å². The number of ether oxygens (including phenoxy) is 1. The molecule has 1 atom stereocenters. The summed E-state index contributed by atoms with van der Waals surface area (Å²) < 4.78 is 28.8. The van der Waals surface area contributed by atoms with E-state index in [1.54, 1.807) is 6.07 Å². The number of nitrogens with one attached hydrogen (secondary N) is 1. The summed E-state index contributed by atoms with van der Waals surface area (Å²) in [6.07, 6.45) is 6.24. The maximum Gasteiger partial charge on any atom is 0.387 e. The van der Waals surface area contributed by atoms with Crippen LogP contribution in [0.2, 0.25) is 0 Å². The minimum Gasteiger partial charge on any atom is -0.434 e. The van der Waals surface area contributed by atoms with Gasteiger partial charge in [-0.15, -0.1) is 12.3 Å². The predicted molar refractivity (Wildman–Crippen MR) is 68.1 cm³/mol. The molecule has 1 aromatic carbocycles. The van der Waals surface area contributed by atoms with Crippen LogP contribution in [-0.2, 0) is 0 Å². The molecular formula is C14H15F2NO2. The van der Waals surface area contributed by atoms with Crippen LogP contribution in [0, 0.1) is 12.3 Å². The fourth-order valence-corrected chi connectivity index (χ4v) is 1.56. The summed E-state index contributed by atoms with van der Waals surface area (Å²) >= 11 is 0. The molecule has 102 valence electrons. The van der Waals surface area contributed by atoms with Crippen LogP contribution in [0.3, 0.4) is 0 Å². The standard InChI is InChI=1S/C14H15F2NO2/c1-3-7-10(4-2)17-13(18)11-8-5-6-9-12(11)19-14(15)16/h1,5-6,8-10,14H,4,7H2,2H3,(H,17,18). The topological polar surface area (TPSA) is 38.3 Å². The van der Waals surface area contributed by atoms with Gasteiger partial charge in [-0.25, -0.2) is 0 Å². The van der Waals surface area contributed by atoms with Crippen molar-refractivity contribution in [2.75, 3.05) is 0 Å². The van der Waals surface area contributed by atoms with E-state index in [0.29, 0.717) is 12.8 Å². The highest BCUT2D eigenvalue weighted by molar-refractivity contribution is 5.97. The monoisotopic (exact) mass is 267 g/mol. The molecule has 5 heteroatoms. The number of halogens is 2. The minimum absolute atomic E-state index is 0.0678. The largest absolute Gasteiger partial charge is 0.434 e. The van der Waals surface area contributed by atoms with Gasteiger partial charge in [-0.05, 0) is 18.6 Å². The molecule has 0 fully saturated rings. The van der Waals surface area contributed by atoms with Gasteiger partial charge in [0.1, 0.15) is 5.75 Å². The molecular weight excluding hydrogens is 252 g/mol. The lowest BCUT2D eigenvalue weighted by molar-refractivity contribution is -0.0501. The third-order valence-corrected chi connectivity index (χ3v) is 2.54. The number of carbonyl (C=O) groups is 1. The number of benzene rings is 1. The van der Waals surface area contributed by atoms with Gasteiger partial charge in [0, 0.05) is 12.5 Å². The van der Waals surface area contributed by atoms with Crippen LogP contribution in [0.4, 0.5) is 8.78 Å². The molecule has 1 unspecified atom stereocenters. The Kier molecular flexibility index (Phi) is 5.80. The normalized spacial score (nSPS) is 11.7.